The predicted octanol–water partition coefficient (Wildman–Crippen LogP) is 7.68. The van der Waals surface area contributed by atoms with Crippen LogP contribution in [0.15, 0.2) is 72.9 Å². The number of piperidine rings is 1. The summed E-state index contributed by atoms with van der Waals surface area (Å²) in [4.78, 5) is 14.8. The standard InChI is InChI=1S/C38H47ClN4O3/c1-38(2,3)46-37(44)40-16-7-17-43-25-34(28-11-13-32(45-4)14-12-28)33-21-26(10-15-36(33)43)22-42-23-30-19-27(20-31(24-42)41-30)18-29-8-5-6-9-35(29)39/h5-6,8-15,21,25,27,30-31,41H,7,16-20,22-24H2,1-4H3,(H,40,44). The zero-order valence-electron chi connectivity index (χ0n) is 27.5. The number of fused-ring (bicyclic) bond motifs is 3. The van der Waals surface area contributed by atoms with Crippen molar-refractivity contribution < 1.29 is 14.3 Å². The minimum atomic E-state index is -0.505. The summed E-state index contributed by atoms with van der Waals surface area (Å²) in [5.74, 6) is 1.51. The van der Waals surface area contributed by atoms with Crippen LogP contribution in [0.1, 0.15) is 51.2 Å². The van der Waals surface area contributed by atoms with Gasteiger partial charge in [-0.1, -0.05) is 48.0 Å². The van der Waals surface area contributed by atoms with Crippen LogP contribution in [0.5, 0.6) is 5.75 Å². The maximum atomic E-state index is 12.1. The molecule has 2 saturated heterocycles. The van der Waals surface area contributed by atoms with E-state index in [1.165, 1.54) is 40.4 Å². The second kappa shape index (κ2) is 14.1. The zero-order chi connectivity index (χ0) is 32.3. The van der Waals surface area contributed by atoms with E-state index in [4.69, 9.17) is 21.1 Å². The summed E-state index contributed by atoms with van der Waals surface area (Å²) >= 11 is 6.50. The van der Waals surface area contributed by atoms with Crippen LogP contribution in [-0.2, 0) is 24.2 Å². The number of rotatable bonds is 10. The fourth-order valence-corrected chi connectivity index (χ4v) is 7.45. The second-order valence-electron chi connectivity index (χ2n) is 14.0. The maximum Gasteiger partial charge on any atom is 0.407 e. The van der Waals surface area contributed by atoms with E-state index >= 15 is 0 Å². The highest BCUT2D eigenvalue weighted by atomic mass is 35.5. The predicted molar refractivity (Wildman–Crippen MR) is 187 cm³/mol. The largest absolute Gasteiger partial charge is 0.497 e. The lowest BCUT2D eigenvalue weighted by Gasteiger charge is -2.45. The first-order valence-electron chi connectivity index (χ1n) is 16.6. The van der Waals surface area contributed by atoms with Crippen molar-refractivity contribution in [2.24, 2.45) is 5.92 Å². The lowest BCUT2D eigenvalue weighted by atomic mass is 9.81. The second-order valence-corrected chi connectivity index (χ2v) is 14.4. The van der Waals surface area contributed by atoms with Crippen LogP contribution in [0.4, 0.5) is 4.79 Å². The quantitative estimate of drug-likeness (QED) is 0.174. The molecule has 8 heteroatoms. The van der Waals surface area contributed by atoms with E-state index in [0.717, 1.165) is 55.4 Å². The Morgan fingerprint density at radius 2 is 1.76 bits per heavy atom. The van der Waals surface area contributed by atoms with Crippen LogP contribution in [-0.4, -0.2) is 60.0 Å². The molecule has 7 nitrogen and oxygen atoms in total. The third kappa shape index (κ3) is 8.06. The number of carbonyl (C=O) groups excluding carboxylic acids is 1. The molecule has 0 spiro atoms. The molecule has 2 aliphatic rings. The third-order valence-corrected chi connectivity index (χ3v) is 9.50. The zero-order valence-corrected chi connectivity index (χ0v) is 28.3. The molecule has 6 rings (SSSR count). The Bertz CT molecular complexity index is 1630. The number of likely N-dealkylation sites (tertiary alicyclic amines) is 1. The Hall–Kier alpha value is -3.52. The van der Waals surface area contributed by atoms with Crippen molar-refractivity contribution >= 4 is 28.6 Å². The fourth-order valence-electron chi connectivity index (χ4n) is 7.23. The maximum absolute atomic E-state index is 12.1. The van der Waals surface area contributed by atoms with Crippen molar-refractivity contribution in [3.05, 3.63) is 89.1 Å². The minimum absolute atomic E-state index is 0.374. The SMILES string of the molecule is COc1ccc(-c2cn(CCCNC(=O)OC(C)(C)C)c3ccc(CN4CC5CC(Cc6ccccc6Cl)CC(C4)N5)cc23)cc1. The molecular formula is C38H47ClN4O3. The summed E-state index contributed by atoms with van der Waals surface area (Å²) in [5, 5.41) is 8.92. The Kier molecular flexibility index (Phi) is 9.92. The number of carbonyl (C=O) groups is 1. The van der Waals surface area contributed by atoms with Gasteiger partial charge >= 0.3 is 6.09 Å². The van der Waals surface area contributed by atoms with Crippen LogP contribution in [0.2, 0.25) is 5.02 Å². The van der Waals surface area contributed by atoms with Crippen molar-refractivity contribution in [2.45, 2.75) is 77.2 Å². The molecule has 1 amide bonds. The van der Waals surface area contributed by atoms with Crippen molar-refractivity contribution in [1.82, 2.24) is 20.1 Å². The molecule has 3 aromatic carbocycles. The van der Waals surface area contributed by atoms with Crippen molar-refractivity contribution in [1.29, 1.82) is 0 Å². The third-order valence-electron chi connectivity index (χ3n) is 9.13. The number of ether oxygens (including phenoxy) is 2. The molecule has 2 fully saturated rings. The highest BCUT2D eigenvalue weighted by Crippen LogP contribution is 2.34. The van der Waals surface area contributed by atoms with Gasteiger partial charge in [-0.25, -0.2) is 4.79 Å². The Labute approximate surface area is 278 Å². The average Bonchev–Trinajstić information content (AvgIpc) is 3.37. The number of halogens is 1. The van der Waals surface area contributed by atoms with Gasteiger partial charge in [0.2, 0.25) is 0 Å². The number of benzene rings is 3. The summed E-state index contributed by atoms with van der Waals surface area (Å²) in [7, 11) is 1.70. The number of alkyl carbamates (subject to hydrolysis) is 1. The first-order chi connectivity index (χ1) is 22.1. The molecule has 2 bridgehead atoms. The molecule has 2 atom stereocenters. The van der Waals surface area contributed by atoms with Gasteiger partial charge in [-0.3, -0.25) is 4.90 Å². The number of aryl methyl sites for hydroxylation is 1. The van der Waals surface area contributed by atoms with Crippen molar-refractivity contribution in [3.8, 4) is 16.9 Å². The smallest absolute Gasteiger partial charge is 0.407 e. The fraction of sp³-hybridized carbons (Fsp3) is 0.447. The normalized spacial score (nSPS) is 20.1. The number of amides is 1. The number of nitrogens with zero attached hydrogens (tertiary/aromatic N) is 2. The molecule has 1 aromatic heterocycles. The lowest BCUT2D eigenvalue weighted by molar-refractivity contribution is 0.0526. The van der Waals surface area contributed by atoms with Crippen LogP contribution in [0.3, 0.4) is 0 Å². The lowest BCUT2D eigenvalue weighted by Crippen LogP contribution is -2.60. The summed E-state index contributed by atoms with van der Waals surface area (Å²) in [6.07, 6.45) is 6.11. The Balaban J connectivity index is 1.15. The summed E-state index contributed by atoms with van der Waals surface area (Å²) in [6.45, 7) is 10.0. The molecular weight excluding hydrogens is 596 g/mol. The summed E-state index contributed by atoms with van der Waals surface area (Å²) in [5.41, 5.74) is 5.67. The molecule has 2 N–H and O–H groups in total. The average molecular weight is 643 g/mol. The number of piperazine rings is 1. The van der Waals surface area contributed by atoms with Crippen molar-refractivity contribution in [2.75, 3.05) is 26.7 Å². The van der Waals surface area contributed by atoms with Gasteiger partial charge in [0, 0.05) is 72.5 Å². The van der Waals surface area contributed by atoms with Gasteiger partial charge in [0.25, 0.3) is 0 Å². The highest BCUT2D eigenvalue weighted by Gasteiger charge is 2.34. The first-order valence-corrected chi connectivity index (χ1v) is 17.0. The monoisotopic (exact) mass is 642 g/mol. The summed E-state index contributed by atoms with van der Waals surface area (Å²) in [6, 6.07) is 24.5. The Morgan fingerprint density at radius 3 is 2.46 bits per heavy atom. The van der Waals surface area contributed by atoms with Gasteiger partial charge in [0.15, 0.2) is 0 Å². The number of aromatic nitrogens is 1. The highest BCUT2D eigenvalue weighted by molar-refractivity contribution is 6.31. The molecule has 244 valence electrons. The summed E-state index contributed by atoms with van der Waals surface area (Å²) < 4.78 is 13.1. The van der Waals surface area contributed by atoms with E-state index in [9.17, 15) is 4.79 Å². The van der Waals surface area contributed by atoms with E-state index in [-0.39, 0.29) is 6.09 Å². The molecule has 3 heterocycles. The van der Waals surface area contributed by atoms with Crippen LogP contribution >= 0.6 is 11.6 Å². The molecule has 0 saturated carbocycles. The number of hydrogen-bond acceptors (Lipinski definition) is 5. The number of hydrogen-bond donors (Lipinski definition) is 2. The first kappa shape index (κ1) is 32.4. The van der Waals surface area contributed by atoms with Gasteiger partial charge < -0.3 is 24.7 Å². The van der Waals surface area contributed by atoms with Gasteiger partial charge in [-0.05, 0) is 99.4 Å². The van der Waals surface area contributed by atoms with Crippen LogP contribution in [0, 0.1) is 5.92 Å². The number of methoxy groups -OCH3 is 1. The molecule has 46 heavy (non-hydrogen) atoms. The molecule has 0 radical (unpaired) electrons. The van der Waals surface area contributed by atoms with Gasteiger partial charge in [0.1, 0.15) is 11.4 Å². The Morgan fingerprint density at radius 1 is 1.02 bits per heavy atom. The molecule has 0 aliphatic carbocycles. The molecule has 2 aliphatic heterocycles. The van der Waals surface area contributed by atoms with E-state index in [0.29, 0.717) is 24.5 Å². The minimum Gasteiger partial charge on any atom is -0.497 e. The topological polar surface area (TPSA) is 67.8 Å². The molecule has 2 unspecified atom stereocenters. The van der Waals surface area contributed by atoms with Gasteiger partial charge in [-0.15, -0.1) is 0 Å². The molecule has 4 aromatic rings. The van der Waals surface area contributed by atoms with Gasteiger partial charge in [-0.2, -0.15) is 0 Å². The van der Waals surface area contributed by atoms with E-state index in [2.05, 4.69) is 68.8 Å². The van der Waals surface area contributed by atoms with Crippen LogP contribution in [0.25, 0.3) is 22.0 Å². The van der Waals surface area contributed by atoms with E-state index in [1.807, 2.05) is 45.0 Å². The van der Waals surface area contributed by atoms with Gasteiger partial charge in [0.05, 0.1) is 7.11 Å². The van der Waals surface area contributed by atoms with Crippen molar-refractivity contribution in [3.63, 3.8) is 0 Å². The number of nitrogens with one attached hydrogen (secondary N) is 2. The van der Waals surface area contributed by atoms with E-state index in [1.54, 1.807) is 7.11 Å². The van der Waals surface area contributed by atoms with E-state index < -0.39 is 5.60 Å². The van der Waals surface area contributed by atoms with Crippen LogP contribution < -0.4 is 15.4 Å².